The predicted molar refractivity (Wildman–Crippen MR) is 151 cm³/mol. The van der Waals surface area contributed by atoms with Gasteiger partial charge in [0.05, 0.1) is 17.2 Å². The Morgan fingerprint density at radius 3 is 2.44 bits per heavy atom. The number of sulfonamides is 1. The molecule has 9 heteroatoms. The standard InChI is InChI=1S/C30H29FN4O3S/c31-26-5-3-25(4-6-26)30-29(24-9-14-32-15-10-24)28(21-33-30)23-12-18-35(19-13-23)17-11-22-1-7-27(8-2-22)39(37,38)34-16-20-36/h1-12,14-15,17,21,33-34,36H,13,16,18-20H2. The van der Waals surface area contributed by atoms with Gasteiger partial charge in [-0.05, 0) is 89.5 Å². The third-order valence-electron chi connectivity index (χ3n) is 6.64. The van der Waals surface area contributed by atoms with Crippen molar-refractivity contribution in [3.8, 4) is 22.4 Å². The summed E-state index contributed by atoms with van der Waals surface area (Å²) in [5.74, 6) is -0.268. The third-order valence-corrected chi connectivity index (χ3v) is 8.12. The van der Waals surface area contributed by atoms with E-state index in [0.717, 1.165) is 53.0 Å². The molecule has 1 aliphatic heterocycles. The highest BCUT2D eigenvalue weighted by molar-refractivity contribution is 7.89. The molecule has 0 aliphatic carbocycles. The highest BCUT2D eigenvalue weighted by Crippen LogP contribution is 2.39. The van der Waals surface area contributed by atoms with Crippen molar-refractivity contribution >= 4 is 21.7 Å². The van der Waals surface area contributed by atoms with Crippen LogP contribution in [0.2, 0.25) is 0 Å². The van der Waals surface area contributed by atoms with Gasteiger partial charge in [-0.3, -0.25) is 4.98 Å². The number of hydrogen-bond acceptors (Lipinski definition) is 5. The topological polar surface area (TPSA) is 98.3 Å². The average Bonchev–Trinajstić information content (AvgIpc) is 3.41. The third kappa shape index (κ3) is 6.17. The first-order chi connectivity index (χ1) is 18.9. The van der Waals surface area contributed by atoms with Crippen LogP contribution in [-0.2, 0) is 10.0 Å². The van der Waals surface area contributed by atoms with Gasteiger partial charge in [-0.25, -0.2) is 17.5 Å². The molecule has 4 aromatic rings. The van der Waals surface area contributed by atoms with E-state index in [2.05, 4.69) is 25.7 Å². The molecule has 0 spiro atoms. The van der Waals surface area contributed by atoms with Gasteiger partial charge in [0.1, 0.15) is 5.82 Å². The molecule has 3 heterocycles. The van der Waals surface area contributed by atoms with Crippen LogP contribution in [-0.4, -0.2) is 54.6 Å². The second-order valence-corrected chi connectivity index (χ2v) is 10.9. The summed E-state index contributed by atoms with van der Waals surface area (Å²) in [4.78, 5) is 9.95. The summed E-state index contributed by atoms with van der Waals surface area (Å²) in [7, 11) is -3.62. The van der Waals surface area contributed by atoms with Crippen LogP contribution in [0.3, 0.4) is 0 Å². The molecular weight excluding hydrogens is 515 g/mol. The van der Waals surface area contributed by atoms with Crippen molar-refractivity contribution in [1.82, 2.24) is 19.6 Å². The van der Waals surface area contributed by atoms with Gasteiger partial charge >= 0.3 is 0 Å². The number of aliphatic hydroxyl groups is 1. The number of H-pyrrole nitrogens is 1. The maximum absolute atomic E-state index is 13.6. The minimum absolute atomic E-state index is 0.0190. The lowest BCUT2D eigenvalue weighted by Gasteiger charge is -2.25. The zero-order chi connectivity index (χ0) is 27.2. The van der Waals surface area contributed by atoms with Crippen LogP contribution in [0, 0.1) is 5.82 Å². The summed E-state index contributed by atoms with van der Waals surface area (Å²) in [6.45, 7) is 1.29. The molecule has 7 nitrogen and oxygen atoms in total. The summed E-state index contributed by atoms with van der Waals surface area (Å²) in [6.07, 6.45) is 12.6. The van der Waals surface area contributed by atoms with E-state index in [-0.39, 0.29) is 23.9 Å². The van der Waals surface area contributed by atoms with Gasteiger partial charge in [0.15, 0.2) is 0 Å². The summed E-state index contributed by atoms with van der Waals surface area (Å²) in [5, 5.41) is 8.86. The smallest absolute Gasteiger partial charge is 0.240 e. The Hall–Kier alpha value is -4.05. The fourth-order valence-corrected chi connectivity index (χ4v) is 5.64. The van der Waals surface area contributed by atoms with Crippen LogP contribution >= 0.6 is 0 Å². The van der Waals surface area contributed by atoms with E-state index in [4.69, 9.17) is 5.11 Å². The van der Waals surface area contributed by atoms with Crippen LogP contribution in [0.25, 0.3) is 34.0 Å². The van der Waals surface area contributed by atoms with Gasteiger partial charge in [0, 0.05) is 49.4 Å². The van der Waals surface area contributed by atoms with Gasteiger partial charge in [-0.2, -0.15) is 0 Å². The number of aromatic amines is 1. The van der Waals surface area contributed by atoms with Gasteiger partial charge in [0.2, 0.25) is 10.0 Å². The Labute approximate surface area is 227 Å². The zero-order valence-corrected chi connectivity index (χ0v) is 22.0. The summed E-state index contributed by atoms with van der Waals surface area (Å²) in [5.41, 5.74) is 7.22. The Morgan fingerprint density at radius 1 is 1.03 bits per heavy atom. The number of nitrogens with one attached hydrogen (secondary N) is 2. The van der Waals surface area contributed by atoms with Crippen LogP contribution in [0.15, 0.2) is 96.4 Å². The fourth-order valence-electron chi connectivity index (χ4n) is 4.62. The molecule has 0 amide bonds. The molecule has 0 bridgehead atoms. The van der Waals surface area contributed by atoms with Crippen molar-refractivity contribution in [3.05, 3.63) is 108 Å². The first-order valence-electron chi connectivity index (χ1n) is 12.6. The Bertz CT molecular complexity index is 1580. The van der Waals surface area contributed by atoms with E-state index in [1.165, 1.54) is 17.7 Å². The van der Waals surface area contributed by atoms with Crippen molar-refractivity contribution < 1.29 is 17.9 Å². The van der Waals surface area contributed by atoms with Crippen LogP contribution in [0.4, 0.5) is 4.39 Å². The number of nitrogens with zero attached hydrogens (tertiary/aromatic N) is 2. The molecule has 0 fully saturated rings. The second-order valence-electron chi connectivity index (χ2n) is 9.18. The van der Waals surface area contributed by atoms with Gasteiger partial charge < -0.3 is 15.0 Å². The van der Waals surface area contributed by atoms with Crippen molar-refractivity contribution in [2.24, 2.45) is 0 Å². The molecule has 2 aromatic heterocycles. The number of pyridine rings is 1. The quantitative estimate of drug-likeness (QED) is 0.278. The molecule has 5 rings (SSSR count). The second kappa shape index (κ2) is 11.8. The lowest BCUT2D eigenvalue weighted by atomic mass is 9.92. The summed E-state index contributed by atoms with van der Waals surface area (Å²) >= 11 is 0. The Balaban J connectivity index is 1.33. The maximum atomic E-state index is 13.6. The lowest BCUT2D eigenvalue weighted by Crippen LogP contribution is -2.26. The van der Waals surface area contributed by atoms with Crippen molar-refractivity contribution in [2.45, 2.75) is 11.3 Å². The Kier molecular flexibility index (Phi) is 8.02. The van der Waals surface area contributed by atoms with Gasteiger partial charge in [-0.1, -0.05) is 18.2 Å². The molecule has 0 atom stereocenters. The largest absolute Gasteiger partial charge is 0.395 e. The number of hydrogen-bond donors (Lipinski definition) is 3. The number of aliphatic hydroxyl groups excluding tert-OH is 1. The van der Waals surface area contributed by atoms with Crippen molar-refractivity contribution in [2.75, 3.05) is 26.2 Å². The minimum Gasteiger partial charge on any atom is -0.395 e. The van der Waals surface area contributed by atoms with E-state index in [1.54, 1.807) is 48.8 Å². The normalized spacial score (nSPS) is 14.1. The first kappa shape index (κ1) is 26.6. The minimum atomic E-state index is -3.62. The highest BCUT2D eigenvalue weighted by Gasteiger charge is 2.20. The molecule has 1 aliphatic rings. The van der Waals surface area contributed by atoms with Crippen molar-refractivity contribution in [3.63, 3.8) is 0 Å². The molecule has 0 saturated carbocycles. The van der Waals surface area contributed by atoms with Crippen molar-refractivity contribution in [1.29, 1.82) is 0 Å². The molecule has 0 unspecified atom stereocenters. The summed E-state index contributed by atoms with van der Waals surface area (Å²) < 4.78 is 40.3. The predicted octanol–water partition coefficient (Wildman–Crippen LogP) is 4.91. The number of halogens is 1. The van der Waals surface area contributed by atoms with Crippen LogP contribution < -0.4 is 4.72 Å². The Morgan fingerprint density at radius 2 is 1.77 bits per heavy atom. The van der Waals surface area contributed by atoms with E-state index >= 15 is 0 Å². The first-order valence-corrected chi connectivity index (χ1v) is 14.1. The molecule has 200 valence electrons. The van der Waals surface area contributed by atoms with Gasteiger partial charge in [0.25, 0.3) is 0 Å². The molecule has 3 N–H and O–H groups in total. The monoisotopic (exact) mass is 544 g/mol. The maximum Gasteiger partial charge on any atom is 0.240 e. The average molecular weight is 545 g/mol. The SMILES string of the molecule is O=S(=O)(NCCO)c1ccc(C=CN2CC=C(c3c[nH]c(-c4ccc(F)cc4)c3-c3ccncc3)CC2)cc1. The molecule has 2 aromatic carbocycles. The molecule has 39 heavy (non-hydrogen) atoms. The van der Waals surface area contributed by atoms with Crippen LogP contribution in [0.5, 0.6) is 0 Å². The highest BCUT2D eigenvalue weighted by atomic mass is 32.2. The van der Waals surface area contributed by atoms with Gasteiger partial charge in [-0.15, -0.1) is 0 Å². The van der Waals surface area contributed by atoms with E-state index in [0.29, 0.717) is 0 Å². The van der Waals surface area contributed by atoms with E-state index in [1.807, 2.05) is 30.6 Å². The molecular formula is C30H29FN4O3S. The van der Waals surface area contributed by atoms with E-state index in [9.17, 15) is 12.8 Å². The number of aromatic nitrogens is 2. The zero-order valence-electron chi connectivity index (χ0n) is 21.2. The number of benzene rings is 2. The summed E-state index contributed by atoms with van der Waals surface area (Å²) in [6, 6.07) is 17.1. The van der Waals surface area contributed by atoms with Crippen LogP contribution in [0.1, 0.15) is 17.5 Å². The molecule has 0 saturated heterocycles. The lowest BCUT2D eigenvalue weighted by molar-refractivity contribution is 0.301. The fraction of sp³-hybridized carbons (Fsp3) is 0.167. The number of rotatable bonds is 9. The molecule has 0 radical (unpaired) electrons. The van der Waals surface area contributed by atoms with E-state index < -0.39 is 10.0 Å².